The first-order chi connectivity index (χ1) is 16.5. The summed E-state index contributed by atoms with van der Waals surface area (Å²) in [5.41, 5.74) is 4.55. The molecule has 2 aromatic rings. The number of fused-ring (bicyclic) bond motifs is 3. The molecule has 2 amide bonds. The van der Waals surface area contributed by atoms with E-state index in [1.165, 1.54) is 0 Å². The molecule has 2 aliphatic rings. The van der Waals surface area contributed by atoms with Gasteiger partial charge in [0.1, 0.15) is 12.6 Å². The number of hydrogen-bond donors (Lipinski definition) is 3. The van der Waals surface area contributed by atoms with Crippen molar-refractivity contribution < 1.29 is 24.2 Å². The van der Waals surface area contributed by atoms with Crippen LogP contribution in [-0.2, 0) is 14.3 Å². The second-order valence-corrected chi connectivity index (χ2v) is 9.29. The Labute approximate surface area is 199 Å². The number of rotatable bonds is 11. The summed E-state index contributed by atoms with van der Waals surface area (Å²) in [6.45, 7) is 2.12. The van der Waals surface area contributed by atoms with Crippen molar-refractivity contribution in [3.63, 3.8) is 0 Å². The maximum Gasteiger partial charge on any atom is 0.407 e. The Balaban J connectivity index is 1.39. The predicted molar refractivity (Wildman–Crippen MR) is 128 cm³/mol. The van der Waals surface area contributed by atoms with E-state index in [2.05, 4.69) is 34.9 Å². The number of aliphatic carboxylic acids is 1. The zero-order valence-electron chi connectivity index (χ0n) is 19.5. The minimum absolute atomic E-state index is 0.0571. The van der Waals surface area contributed by atoms with Gasteiger partial charge in [0.2, 0.25) is 5.91 Å². The third-order valence-electron chi connectivity index (χ3n) is 6.62. The van der Waals surface area contributed by atoms with Crippen molar-refractivity contribution in [1.82, 2.24) is 10.6 Å². The molecule has 3 N–H and O–H groups in total. The van der Waals surface area contributed by atoms with Crippen LogP contribution in [0.1, 0.15) is 62.5 Å². The molecule has 0 radical (unpaired) electrons. The number of alkyl carbamates (subject to hydrolysis) is 1. The highest BCUT2D eigenvalue weighted by atomic mass is 16.5. The topological polar surface area (TPSA) is 105 Å². The SMILES string of the molecule is CCC[C@@H](CC(=O)O)NC(=O)[C@H](CC1CC1)NC(=O)OCC1c2ccccc2-c2ccccc21. The highest BCUT2D eigenvalue weighted by Crippen LogP contribution is 2.44. The summed E-state index contributed by atoms with van der Waals surface area (Å²) in [6.07, 6.45) is 3.15. The first-order valence-corrected chi connectivity index (χ1v) is 12.1. The third kappa shape index (κ3) is 5.76. The van der Waals surface area contributed by atoms with E-state index in [1.54, 1.807) is 0 Å². The van der Waals surface area contributed by atoms with Crippen LogP contribution in [0.3, 0.4) is 0 Å². The number of amides is 2. The van der Waals surface area contributed by atoms with Gasteiger partial charge in [0.25, 0.3) is 0 Å². The van der Waals surface area contributed by atoms with Gasteiger partial charge in [-0.1, -0.05) is 74.7 Å². The number of benzene rings is 2. The molecule has 180 valence electrons. The molecule has 2 aliphatic carbocycles. The van der Waals surface area contributed by atoms with Crippen LogP contribution in [0.15, 0.2) is 48.5 Å². The lowest BCUT2D eigenvalue weighted by Crippen LogP contribution is -2.50. The third-order valence-corrected chi connectivity index (χ3v) is 6.62. The van der Waals surface area contributed by atoms with Crippen LogP contribution in [0, 0.1) is 5.92 Å². The fourth-order valence-corrected chi connectivity index (χ4v) is 4.79. The van der Waals surface area contributed by atoms with Gasteiger partial charge >= 0.3 is 12.1 Å². The minimum Gasteiger partial charge on any atom is -0.481 e. The second kappa shape index (κ2) is 10.7. The Kier molecular flexibility index (Phi) is 7.50. The van der Waals surface area contributed by atoms with Gasteiger partial charge in [-0.2, -0.15) is 0 Å². The first kappa shape index (κ1) is 23.8. The number of carbonyl (C=O) groups is 3. The molecule has 2 aromatic carbocycles. The quantitative estimate of drug-likeness (QED) is 0.456. The summed E-state index contributed by atoms with van der Waals surface area (Å²) in [5.74, 6) is -0.964. The lowest BCUT2D eigenvalue weighted by Gasteiger charge is -2.23. The van der Waals surface area contributed by atoms with E-state index in [4.69, 9.17) is 9.84 Å². The zero-order valence-corrected chi connectivity index (χ0v) is 19.5. The molecule has 4 rings (SSSR count). The zero-order chi connectivity index (χ0) is 24.1. The Bertz CT molecular complexity index is 1000. The average molecular weight is 465 g/mol. The number of carboxylic acid groups (broad SMARTS) is 1. The lowest BCUT2D eigenvalue weighted by atomic mass is 9.98. The Morgan fingerprint density at radius 3 is 2.18 bits per heavy atom. The van der Waals surface area contributed by atoms with Crippen LogP contribution in [0.5, 0.6) is 0 Å². The molecule has 0 spiro atoms. The molecular weight excluding hydrogens is 432 g/mol. The number of carbonyl (C=O) groups excluding carboxylic acids is 2. The first-order valence-electron chi connectivity index (χ1n) is 12.1. The van der Waals surface area contributed by atoms with Crippen LogP contribution in [0.4, 0.5) is 4.79 Å². The molecule has 7 heteroatoms. The molecule has 2 atom stereocenters. The smallest absolute Gasteiger partial charge is 0.407 e. The Morgan fingerprint density at radius 2 is 1.62 bits per heavy atom. The van der Waals surface area contributed by atoms with E-state index in [9.17, 15) is 14.4 Å². The van der Waals surface area contributed by atoms with Crippen LogP contribution in [0.25, 0.3) is 11.1 Å². The van der Waals surface area contributed by atoms with Crippen molar-refractivity contribution in [3.8, 4) is 11.1 Å². The van der Waals surface area contributed by atoms with Crippen molar-refractivity contribution in [2.24, 2.45) is 5.92 Å². The Hall–Kier alpha value is -3.35. The van der Waals surface area contributed by atoms with Crippen molar-refractivity contribution in [1.29, 1.82) is 0 Å². The number of ether oxygens (including phenoxy) is 1. The van der Waals surface area contributed by atoms with Crippen molar-refractivity contribution in [3.05, 3.63) is 59.7 Å². The molecule has 0 heterocycles. The molecule has 1 fully saturated rings. The van der Waals surface area contributed by atoms with Gasteiger partial charge in [-0.05, 0) is 41.0 Å². The van der Waals surface area contributed by atoms with Gasteiger partial charge in [-0.3, -0.25) is 9.59 Å². The summed E-state index contributed by atoms with van der Waals surface area (Å²) in [4.78, 5) is 36.8. The van der Waals surface area contributed by atoms with Crippen LogP contribution >= 0.6 is 0 Å². The number of nitrogens with one attached hydrogen (secondary N) is 2. The van der Waals surface area contributed by atoms with E-state index >= 15 is 0 Å². The average Bonchev–Trinajstić information content (AvgIpc) is 3.57. The molecule has 0 unspecified atom stereocenters. The van der Waals surface area contributed by atoms with Crippen molar-refractivity contribution in [2.75, 3.05) is 6.61 Å². The van der Waals surface area contributed by atoms with E-state index in [0.717, 1.165) is 41.5 Å². The highest BCUT2D eigenvalue weighted by Gasteiger charge is 2.33. The highest BCUT2D eigenvalue weighted by molar-refractivity contribution is 5.86. The summed E-state index contributed by atoms with van der Waals surface area (Å²) >= 11 is 0. The summed E-state index contributed by atoms with van der Waals surface area (Å²) < 4.78 is 5.62. The van der Waals surface area contributed by atoms with Crippen molar-refractivity contribution in [2.45, 2.75) is 63.5 Å². The molecule has 0 aromatic heterocycles. The molecule has 0 saturated heterocycles. The molecule has 0 aliphatic heterocycles. The second-order valence-electron chi connectivity index (χ2n) is 9.29. The number of carboxylic acids is 1. The van der Waals surface area contributed by atoms with E-state index in [1.807, 2.05) is 31.2 Å². The summed E-state index contributed by atoms with van der Waals surface area (Å²) in [5, 5.41) is 14.7. The van der Waals surface area contributed by atoms with E-state index in [-0.39, 0.29) is 24.9 Å². The van der Waals surface area contributed by atoms with Crippen LogP contribution in [-0.4, -0.2) is 41.8 Å². The molecule has 0 bridgehead atoms. The normalized spacial score (nSPS) is 16.1. The standard InChI is InChI=1S/C27H32N2O5/c1-2-7-18(15-25(30)31)28-26(32)24(14-17-12-13-17)29-27(33)34-16-23-21-10-5-3-8-19(21)20-9-4-6-11-22(20)23/h3-6,8-11,17-18,23-24H,2,7,12-16H2,1H3,(H,28,32)(H,29,33)(H,30,31)/t18-,24-/m0/s1. The lowest BCUT2D eigenvalue weighted by molar-refractivity contribution is -0.137. The van der Waals surface area contributed by atoms with Gasteiger partial charge < -0.3 is 20.5 Å². The molecule has 1 saturated carbocycles. The van der Waals surface area contributed by atoms with Crippen LogP contribution < -0.4 is 10.6 Å². The number of hydrogen-bond acceptors (Lipinski definition) is 4. The molecule has 34 heavy (non-hydrogen) atoms. The van der Waals surface area contributed by atoms with Gasteiger partial charge in [0.05, 0.1) is 6.42 Å². The maximum atomic E-state index is 12.9. The largest absolute Gasteiger partial charge is 0.481 e. The molecule has 7 nitrogen and oxygen atoms in total. The van der Waals surface area contributed by atoms with Gasteiger partial charge in [0.15, 0.2) is 0 Å². The fourth-order valence-electron chi connectivity index (χ4n) is 4.79. The molecular formula is C27H32N2O5. The van der Waals surface area contributed by atoms with Crippen LogP contribution in [0.2, 0.25) is 0 Å². The predicted octanol–water partition coefficient (Wildman–Crippen LogP) is 4.45. The van der Waals surface area contributed by atoms with E-state index in [0.29, 0.717) is 18.8 Å². The van der Waals surface area contributed by atoms with E-state index < -0.39 is 24.1 Å². The Morgan fingerprint density at radius 1 is 1.00 bits per heavy atom. The summed E-state index contributed by atoms with van der Waals surface area (Å²) in [7, 11) is 0. The van der Waals surface area contributed by atoms with Gasteiger partial charge in [-0.15, -0.1) is 0 Å². The fraction of sp³-hybridized carbons (Fsp3) is 0.444. The monoisotopic (exact) mass is 464 g/mol. The maximum absolute atomic E-state index is 12.9. The van der Waals surface area contributed by atoms with Gasteiger partial charge in [0, 0.05) is 12.0 Å². The summed E-state index contributed by atoms with van der Waals surface area (Å²) in [6, 6.07) is 15.0. The van der Waals surface area contributed by atoms with Crippen molar-refractivity contribution >= 4 is 18.0 Å². The minimum atomic E-state index is -0.956. The van der Waals surface area contributed by atoms with Gasteiger partial charge in [-0.25, -0.2) is 4.79 Å².